The molecule has 0 saturated carbocycles. The SMILES string of the molecule is CC1NC(=O)C1NC(=O)C(NC(=O)OC(C)(C)C)c1ccccc1. The van der Waals surface area contributed by atoms with Crippen LogP contribution in [0.4, 0.5) is 4.79 Å². The molecule has 0 aliphatic carbocycles. The van der Waals surface area contributed by atoms with Crippen molar-refractivity contribution in [2.75, 3.05) is 0 Å². The van der Waals surface area contributed by atoms with E-state index in [-0.39, 0.29) is 11.9 Å². The highest BCUT2D eigenvalue weighted by Gasteiger charge is 2.38. The summed E-state index contributed by atoms with van der Waals surface area (Å²) in [6.07, 6.45) is -0.697. The third-order valence-corrected chi connectivity index (χ3v) is 3.51. The Bertz CT molecular complexity index is 624. The maximum atomic E-state index is 12.6. The summed E-state index contributed by atoms with van der Waals surface area (Å²) in [6, 6.07) is 7.13. The molecule has 7 heteroatoms. The Kier molecular flexibility index (Phi) is 5.11. The monoisotopic (exact) mass is 333 g/mol. The van der Waals surface area contributed by atoms with Crippen LogP contribution in [0.1, 0.15) is 39.3 Å². The minimum absolute atomic E-state index is 0.139. The molecule has 3 N–H and O–H groups in total. The van der Waals surface area contributed by atoms with E-state index in [1.165, 1.54) is 0 Å². The van der Waals surface area contributed by atoms with E-state index in [4.69, 9.17) is 4.74 Å². The van der Waals surface area contributed by atoms with Crippen LogP contribution in [0.15, 0.2) is 30.3 Å². The fraction of sp³-hybridized carbons (Fsp3) is 0.471. The number of ether oxygens (including phenoxy) is 1. The summed E-state index contributed by atoms with van der Waals surface area (Å²) in [5, 5.41) is 7.88. The van der Waals surface area contributed by atoms with Crippen LogP contribution in [0.2, 0.25) is 0 Å². The van der Waals surface area contributed by atoms with E-state index in [9.17, 15) is 14.4 Å². The molecule has 1 heterocycles. The van der Waals surface area contributed by atoms with Gasteiger partial charge in [-0.3, -0.25) is 9.59 Å². The first kappa shape index (κ1) is 17.8. The standard InChI is InChI=1S/C17H23N3O4/c1-10-12(14(21)18-10)19-15(22)13(11-8-6-5-7-9-11)20-16(23)24-17(2,3)4/h5-10,12-13H,1-4H3,(H,18,21)(H,19,22)(H,20,23). The number of rotatable bonds is 4. The van der Waals surface area contributed by atoms with Crippen molar-refractivity contribution >= 4 is 17.9 Å². The molecule has 7 nitrogen and oxygen atoms in total. The van der Waals surface area contributed by atoms with Crippen molar-refractivity contribution in [1.29, 1.82) is 0 Å². The van der Waals surface area contributed by atoms with Crippen molar-refractivity contribution in [2.45, 2.75) is 51.4 Å². The van der Waals surface area contributed by atoms with Gasteiger partial charge in [-0.05, 0) is 33.3 Å². The second-order valence-corrected chi connectivity index (χ2v) is 6.77. The summed E-state index contributed by atoms with van der Waals surface area (Å²) in [4.78, 5) is 36.1. The van der Waals surface area contributed by atoms with Gasteiger partial charge in [-0.1, -0.05) is 30.3 Å². The highest BCUT2D eigenvalue weighted by Crippen LogP contribution is 2.16. The van der Waals surface area contributed by atoms with Gasteiger partial charge >= 0.3 is 6.09 Å². The smallest absolute Gasteiger partial charge is 0.408 e. The van der Waals surface area contributed by atoms with E-state index < -0.39 is 29.7 Å². The van der Waals surface area contributed by atoms with Crippen LogP contribution in [-0.4, -0.2) is 35.6 Å². The first-order valence-electron chi connectivity index (χ1n) is 7.82. The summed E-state index contributed by atoms with van der Waals surface area (Å²) in [6.45, 7) is 7.02. The van der Waals surface area contributed by atoms with E-state index in [1.807, 2.05) is 6.07 Å². The molecule has 0 spiro atoms. The number of β-lactam (4-membered cyclic amide) rings is 1. The van der Waals surface area contributed by atoms with Crippen LogP contribution in [0.25, 0.3) is 0 Å². The first-order valence-corrected chi connectivity index (χ1v) is 7.82. The molecule has 0 aromatic heterocycles. The fourth-order valence-corrected chi connectivity index (χ4v) is 2.33. The Balaban J connectivity index is 2.12. The molecule has 1 aromatic rings. The molecular formula is C17H23N3O4. The zero-order chi connectivity index (χ0) is 17.9. The minimum Gasteiger partial charge on any atom is -0.444 e. The molecule has 3 unspecified atom stereocenters. The Morgan fingerprint density at radius 3 is 2.33 bits per heavy atom. The number of nitrogens with one attached hydrogen (secondary N) is 3. The van der Waals surface area contributed by atoms with Crippen molar-refractivity contribution in [3.63, 3.8) is 0 Å². The van der Waals surface area contributed by atoms with E-state index in [0.29, 0.717) is 5.56 Å². The predicted octanol–water partition coefficient (Wildman–Crippen LogP) is 1.26. The van der Waals surface area contributed by atoms with E-state index in [1.54, 1.807) is 52.0 Å². The first-order chi connectivity index (χ1) is 11.2. The molecule has 1 fully saturated rings. The van der Waals surface area contributed by atoms with E-state index in [2.05, 4.69) is 16.0 Å². The van der Waals surface area contributed by atoms with E-state index in [0.717, 1.165) is 0 Å². The molecule has 1 aliphatic heterocycles. The average molecular weight is 333 g/mol. The van der Waals surface area contributed by atoms with Crippen molar-refractivity contribution in [1.82, 2.24) is 16.0 Å². The average Bonchev–Trinajstić information content (AvgIpc) is 2.49. The Hall–Kier alpha value is -2.57. The van der Waals surface area contributed by atoms with Gasteiger partial charge in [-0.25, -0.2) is 4.79 Å². The molecule has 1 aromatic carbocycles. The van der Waals surface area contributed by atoms with Crippen molar-refractivity contribution in [2.24, 2.45) is 0 Å². The van der Waals surface area contributed by atoms with Gasteiger partial charge in [-0.2, -0.15) is 0 Å². The molecule has 0 bridgehead atoms. The van der Waals surface area contributed by atoms with Crippen LogP contribution >= 0.6 is 0 Å². The summed E-state index contributed by atoms with van der Waals surface area (Å²) in [7, 11) is 0. The fourth-order valence-electron chi connectivity index (χ4n) is 2.33. The summed E-state index contributed by atoms with van der Waals surface area (Å²) in [5.74, 6) is -0.696. The van der Waals surface area contributed by atoms with Crippen molar-refractivity contribution < 1.29 is 19.1 Å². The third-order valence-electron chi connectivity index (χ3n) is 3.51. The van der Waals surface area contributed by atoms with Crippen LogP contribution in [0.3, 0.4) is 0 Å². The topological polar surface area (TPSA) is 96.5 Å². The molecule has 3 atom stereocenters. The second kappa shape index (κ2) is 6.90. The zero-order valence-corrected chi connectivity index (χ0v) is 14.3. The van der Waals surface area contributed by atoms with Crippen LogP contribution in [-0.2, 0) is 14.3 Å². The lowest BCUT2D eigenvalue weighted by atomic mass is 9.99. The maximum Gasteiger partial charge on any atom is 0.408 e. The molecule has 1 aliphatic rings. The van der Waals surface area contributed by atoms with Gasteiger partial charge in [-0.15, -0.1) is 0 Å². The van der Waals surface area contributed by atoms with Crippen LogP contribution in [0, 0.1) is 0 Å². The van der Waals surface area contributed by atoms with Gasteiger partial charge in [0.1, 0.15) is 17.7 Å². The number of benzene rings is 1. The number of hydrogen-bond donors (Lipinski definition) is 3. The zero-order valence-electron chi connectivity index (χ0n) is 14.3. The molecule has 1 saturated heterocycles. The lowest BCUT2D eigenvalue weighted by Gasteiger charge is -2.35. The molecule has 2 rings (SSSR count). The molecule has 24 heavy (non-hydrogen) atoms. The Labute approximate surface area is 141 Å². The van der Waals surface area contributed by atoms with Crippen molar-refractivity contribution in [3.05, 3.63) is 35.9 Å². The quantitative estimate of drug-likeness (QED) is 0.723. The normalized spacial score (nSPS) is 21.1. The molecule has 0 radical (unpaired) electrons. The summed E-state index contributed by atoms with van der Waals surface area (Å²) in [5.41, 5.74) is -0.0716. The number of amides is 3. The lowest BCUT2D eigenvalue weighted by molar-refractivity contribution is -0.136. The Morgan fingerprint density at radius 2 is 1.83 bits per heavy atom. The van der Waals surface area contributed by atoms with Gasteiger partial charge in [0.25, 0.3) is 0 Å². The summed E-state index contributed by atoms with van der Waals surface area (Å²) >= 11 is 0. The molecule has 130 valence electrons. The molecule has 3 amide bonds. The van der Waals surface area contributed by atoms with Gasteiger partial charge in [0.05, 0.1) is 6.04 Å². The van der Waals surface area contributed by atoms with Gasteiger partial charge < -0.3 is 20.7 Å². The summed E-state index contributed by atoms with van der Waals surface area (Å²) < 4.78 is 5.22. The van der Waals surface area contributed by atoms with Gasteiger partial charge in [0.2, 0.25) is 11.8 Å². The third kappa shape index (κ3) is 4.47. The van der Waals surface area contributed by atoms with E-state index >= 15 is 0 Å². The Morgan fingerprint density at radius 1 is 1.21 bits per heavy atom. The molecular weight excluding hydrogens is 310 g/mol. The number of alkyl carbamates (subject to hydrolysis) is 1. The highest BCUT2D eigenvalue weighted by molar-refractivity contribution is 5.95. The predicted molar refractivity (Wildman–Crippen MR) is 88.1 cm³/mol. The number of carbonyl (C=O) groups is 3. The minimum atomic E-state index is -0.943. The largest absolute Gasteiger partial charge is 0.444 e. The second-order valence-electron chi connectivity index (χ2n) is 6.77. The van der Waals surface area contributed by atoms with Crippen molar-refractivity contribution in [3.8, 4) is 0 Å². The highest BCUT2D eigenvalue weighted by atomic mass is 16.6. The van der Waals surface area contributed by atoms with Gasteiger partial charge in [0.15, 0.2) is 0 Å². The van der Waals surface area contributed by atoms with Crippen LogP contribution in [0.5, 0.6) is 0 Å². The number of hydrogen-bond acceptors (Lipinski definition) is 4. The number of carbonyl (C=O) groups excluding carboxylic acids is 3. The maximum absolute atomic E-state index is 12.6. The lowest BCUT2D eigenvalue weighted by Crippen LogP contribution is -2.68. The van der Waals surface area contributed by atoms with Crippen LogP contribution < -0.4 is 16.0 Å². The van der Waals surface area contributed by atoms with Gasteiger partial charge in [0, 0.05) is 0 Å².